The third-order valence-corrected chi connectivity index (χ3v) is 7.82. The number of aromatic amines is 1. The Morgan fingerprint density at radius 2 is 1.57 bits per heavy atom. The molecule has 0 bridgehead atoms. The van der Waals surface area contributed by atoms with Crippen LogP contribution in [0.4, 0.5) is 0 Å². The number of rotatable bonds is 6. The molecule has 4 aromatic heterocycles. The van der Waals surface area contributed by atoms with Crippen molar-refractivity contribution in [3.63, 3.8) is 0 Å². The fourth-order valence-corrected chi connectivity index (χ4v) is 5.71. The summed E-state index contributed by atoms with van der Waals surface area (Å²) in [5.41, 5.74) is 8.53. The minimum Gasteiger partial charge on any atom is -0.323 e. The molecule has 7 nitrogen and oxygen atoms in total. The first kappa shape index (κ1) is 24.4. The standard InChI is InChI=1S/C33H31N7/c1-23-8-7-11-28(34-23)33-36-32(37-38-33)27-17-20-39(21-18-27)22-24-13-15-25(16-14-24)30-31(26-9-3-2-4-10-26)40-19-6-5-12-29(40)35-30/h2-16,19,27H,17-18,20-22H2,1H3,(H,36,37,38). The fraction of sp³-hybridized carbons (Fsp3) is 0.212. The zero-order valence-corrected chi connectivity index (χ0v) is 22.5. The number of hydrogen-bond donors (Lipinski definition) is 1. The smallest absolute Gasteiger partial charge is 0.180 e. The highest BCUT2D eigenvalue weighted by atomic mass is 15.2. The molecule has 1 N–H and O–H groups in total. The van der Waals surface area contributed by atoms with Gasteiger partial charge in [0, 0.05) is 35.5 Å². The van der Waals surface area contributed by atoms with Gasteiger partial charge in [-0.25, -0.2) is 9.97 Å². The Morgan fingerprint density at radius 3 is 2.38 bits per heavy atom. The van der Waals surface area contributed by atoms with Gasteiger partial charge in [0.25, 0.3) is 0 Å². The van der Waals surface area contributed by atoms with E-state index in [-0.39, 0.29) is 0 Å². The summed E-state index contributed by atoms with van der Waals surface area (Å²) < 4.78 is 2.18. The van der Waals surface area contributed by atoms with E-state index in [9.17, 15) is 0 Å². The van der Waals surface area contributed by atoms with Gasteiger partial charge in [-0.1, -0.05) is 66.7 Å². The molecule has 0 radical (unpaired) electrons. The van der Waals surface area contributed by atoms with Crippen LogP contribution in [-0.2, 0) is 6.54 Å². The van der Waals surface area contributed by atoms with Crippen molar-refractivity contribution in [1.29, 1.82) is 0 Å². The minimum absolute atomic E-state index is 0.399. The highest BCUT2D eigenvalue weighted by Gasteiger charge is 2.24. The van der Waals surface area contributed by atoms with E-state index in [2.05, 4.69) is 102 Å². The summed E-state index contributed by atoms with van der Waals surface area (Å²) in [5, 5.41) is 8.84. The number of likely N-dealkylation sites (tertiary alicyclic amines) is 1. The monoisotopic (exact) mass is 525 g/mol. The van der Waals surface area contributed by atoms with Crippen LogP contribution in [0.1, 0.15) is 35.8 Å². The first-order chi connectivity index (χ1) is 19.7. The molecule has 198 valence electrons. The number of hydrogen-bond acceptors (Lipinski definition) is 5. The van der Waals surface area contributed by atoms with Gasteiger partial charge in [0.05, 0.1) is 11.4 Å². The molecule has 0 aliphatic carbocycles. The van der Waals surface area contributed by atoms with Crippen LogP contribution in [0.15, 0.2) is 97.2 Å². The molecule has 1 aliphatic heterocycles. The minimum atomic E-state index is 0.399. The Bertz CT molecular complexity index is 1740. The highest BCUT2D eigenvalue weighted by molar-refractivity contribution is 5.82. The molecule has 1 aliphatic rings. The molecule has 40 heavy (non-hydrogen) atoms. The number of nitrogens with one attached hydrogen (secondary N) is 1. The Kier molecular flexibility index (Phi) is 6.42. The second-order valence-electron chi connectivity index (χ2n) is 10.6. The number of fused-ring (bicyclic) bond motifs is 1. The average molecular weight is 526 g/mol. The number of nitrogens with zero attached hydrogens (tertiary/aromatic N) is 6. The second-order valence-corrected chi connectivity index (χ2v) is 10.6. The van der Waals surface area contributed by atoms with Crippen molar-refractivity contribution < 1.29 is 0 Å². The van der Waals surface area contributed by atoms with E-state index in [1.807, 2.05) is 31.2 Å². The lowest BCUT2D eigenvalue weighted by Gasteiger charge is -2.30. The van der Waals surface area contributed by atoms with Crippen molar-refractivity contribution in [3.05, 3.63) is 114 Å². The lowest BCUT2D eigenvalue weighted by Crippen LogP contribution is -2.32. The van der Waals surface area contributed by atoms with Crippen LogP contribution >= 0.6 is 0 Å². The first-order valence-electron chi connectivity index (χ1n) is 13.9. The Balaban J connectivity index is 1.03. The SMILES string of the molecule is Cc1cccc(-c2nnc(C3CCN(Cc4ccc(-c5nc6ccccn6c5-c5ccccc5)cc4)CC3)[nH]2)n1. The van der Waals surface area contributed by atoms with E-state index < -0.39 is 0 Å². The lowest BCUT2D eigenvalue weighted by molar-refractivity contribution is 0.202. The van der Waals surface area contributed by atoms with Crippen molar-refractivity contribution in [3.8, 4) is 34.0 Å². The van der Waals surface area contributed by atoms with Crippen molar-refractivity contribution >= 4 is 5.65 Å². The molecule has 0 saturated carbocycles. The number of benzene rings is 2. The normalized spacial score (nSPS) is 14.6. The van der Waals surface area contributed by atoms with Gasteiger partial charge in [0.15, 0.2) is 5.82 Å². The zero-order chi connectivity index (χ0) is 26.9. The van der Waals surface area contributed by atoms with Crippen molar-refractivity contribution in [2.45, 2.75) is 32.2 Å². The van der Waals surface area contributed by atoms with E-state index >= 15 is 0 Å². The van der Waals surface area contributed by atoms with E-state index in [0.29, 0.717) is 5.92 Å². The van der Waals surface area contributed by atoms with Gasteiger partial charge in [0.1, 0.15) is 17.2 Å². The van der Waals surface area contributed by atoms with Crippen LogP contribution in [0, 0.1) is 6.92 Å². The Morgan fingerprint density at radius 1 is 0.775 bits per heavy atom. The van der Waals surface area contributed by atoms with E-state index in [4.69, 9.17) is 4.98 Å². The molecular weight excluding hydrogens is 494 g/mol. The van der Waals surface area contributed by atoms with Crippen LogP contribution in [-0.4, -0.2) is 47.5 Å². The van der Waals surface area contributed by atoms with Gasteiger partial charge in [0.2, 0.25) is 0 Å². The van der Waals surface area contributed by atoms with Crippen LogP contribution in [0.25, 0.3) is 39.7 Å². The number of H-pyrrole nitrogens is 1. The maximum absolute atomic E-state index is 5.00. The summed E-state index contributed by atoms with van der Waals surface area (Å²) in [7, 11) is 0. The summed E-state index contributed by atoms with van der Waals surface area (Å²) in [5.74, 6) is 2.13. The van der Waals surface area contributed by atoms with Crippen molar-refractivity contribution in [2.75, 3.05) is 13.1 Å². The number of aromatic nitrogens is 6. The molecule has 0 atom stereocenters. The molecule has 5 heterocycles. The summed E-state index contributed by atoms with van der Waals surface area (Å²) >= 11 is 0. The van der Waals surface area contributed by atoms with Crippen molar-refractivity contribution in [1.82, 2.24) is 34.4 Å². The molecule has 1 saturated heterocycles. The second kappa shape index (κ2) is 10.5. The van der Waals surface area contributed by atoms with Gasteiger partial charge in [-0.3, -0.25) is 9.30 Å². The average Bonchev–Trinajstić information content (AvgIpc) is 3.64. The third-order valence-electron chi connectivity index (χ3n) is 7.82. The van der Waals surface area contributed by atoms with E-state index in [0.717, 1.165) is 83.7 Å². The van der Waals surface area contributed by atoms with Gasteiger partial charge < -0.3 is 4.98 Å². The van der Waals surface area contributed by atoms with Crippen LogP contribution in [0.3, 0.4) is 0 Å². The molecule has 7 heteroatoms. The Hall–Kier alpha value is -4.62. The quantitative estimate of drug-likeness (QED) is 0.267. The first-order valence-corrected chi connectivity index (χ1v) is 13.9. The maximum atomic E-state index is 5.00. The van der Waals surface area contributed by atoms with Gasteiger partial charge >= 0.3 is 0 Å². The van der Waals surface area contributed by atoms with E-state index in [1.165, 1.54) is 5.56 Å². The largest absolute Gasteiger partial charge is 0.323 e. The number of pyridine rings is 2. The third kappa shape index (κ3) is 4.80. The molecule has 7 rings (SSSR count). The Labute approximate surface area is 233 Å². The number of imidazole rings is 1. The van der Waals surface area contributed by atoms with E-state index in [1.54, 1.807) is 0 Å². The van der Waals surface area contributed by atoms with Gasteiger partial charge in [-0.05, 0) is 62.7 Å². The van der Waals surface area contributed by atoms with Gasteiger partial charge in [-0.15, -0.1) is 10.2 Å². The predicted octanol–water partition coefficient (Wildman–Crippen LogP) is 6.54. The molecular formula is C33H31N7. The van der Waals surface area contributed by atoms with Crippen molar-refractivity contribution in [2.24, 2.45) is 0 Å². The number of piperidine rings is 1. The fourth-order valence-electron chi connectivity index (χ4n) is 5.71. The molecule has 0 amide bonds. The van der Waals surface area contributed by atoms with Crippen LogP contribution in [0.2, 0.25) is 0 Å². The molecule has 0 unspecified atom stereocenters. The molecule has 1 fully saturated rings. The van der Waals surface area contributed by atoms with Crippen LogP contribution < -0.4 is 0 Å². The topological polar surface area (TPSA) is 75.0 Å². The summed E-state index contributed by atoms with van der Waals surface area (Å²) in [6.45, 7) is 5.01. The summed E-state index contributed by atoms with van der Waals surface area (Å²) in [6, 6.07) is 31.6. The molecule has 6 aromatic rings. The van der Waals surface area contributed by atoms with Crippen LogP contribution in [0.5, 0.6) is 0 Å². The lowest BCUT2D eigenvalue weighted by atomic mass is 9.95. The van der Waals surface area contributed by atoms with Gasteiger partial charge in [-0.2, -0.15) is 0 Å². The maximum Gasteiger partial charge on any atom is 0.180 e. The number of aryl methyl sites for hydroxylation is 1. The highest BCUT2D eigenvalue weighted by Crippen LogP contribution is 2.33. The zero-order valence-electron chi connectivity index (χ0n) is 22.5. The molecule has 2 aromatic carbocycles. The molecule has 0 spiro atoms. The predicted molar refractivity (Wildman–Crippen MR) is 158 cm³/mol. The summed E-state index contributed by atoms with van der Waals surface area (Å²) in [6.07, 6.45) is 4.22. The summed E-state index contributed by atoms with van der Waals surface area (Å²) in [4.78, 5) is 15.5.